The Morgan fingerprint density at radius 1 is 1.22 bits per heavy atom. The Kier molecular flexibility index (Phi) is 5.82. The van der Waals surface area contributed by atoms with Gasteiger partial charge >= 0.3 is 0 Å². The monoisotopic (exact) mass is 312 g/mol. The number of benzene rings is 1. The lowest BCUT2D eigenvalue weighted by atomic mass is 10.1. The first-order chi connectivity index (χ1) is 8.37. The van der Waals surface area contributed by atoms with E-state index in [0.717, 1.165) is 11.0 Å². The fourth-order valence-corrected chi connectivity index (χ4v) is 1.78. The Hall–Kier alpha value is -0.870. The van der Waals surface area contributed by atoms with Crippen molar-refractivity contribution >= 4 is 21.8 Å². The number of halogens is 1. The second-order valence-corrected chi connectivity index (χ2v) is 6.27. The molecular formula is C14H21BrN2O. The molecule has 0 aromatic heterocycles. The third-order valence-electron chi connectivity index (χ3n) is 2.29. The zero-order valence-electron chi connectivity index (χ0n) is 11.2. The van der Waals surface area contributed by atoms with Gasteiger partial charge in [-0.25, -0.2) is 0 Å². The highest BCUT2D eigenvalue weighted by molar-refractivity contribution is 9.10. The molecule has 0 fully saturated rings. The standard InChI is InChI=1S/C14H21BrN2O/c1-14(2,3)17-13(18)8-9-16-10-11-4-6-12(15)7-5-11/h4-7,16H,8-10H2,1-3H3,(H,17,18). The molecule has 0 saturated heterocycles. The number of rotatable bonds is 5. The molecule has 0 atom stereocenters. The zero-order chi connectivity index (χ0) is 13.6. The van der Waals surface area contributed by atoms with E-state index in [4.69, 9.17) is 0 Å². The van der Waals surface area contributed by atoms with Crippen LogP contribution in [0.3, 0.4) is 0 Å². The van der Waals surface area contributed by atoms with Gasteiger partial charge in [0, 0.05) is 29.5 Å². The van der Waals surface area contributed by atoms with Crippen LogP contribution >= 0.6 is 15.9 Å². The summed E-state index contributed by atoms with van der Waals surface area (Å²) in [4.78, 5) is 11.6. The molecular weight excluding hydrogens is 292 g/mol. The number of carbonyl (C=O) groups excluding carboxylic acids is 1. The number of hydrogen-bond donors (Lipinski definition) is 2. The smallest absolute Gasteiger partial charge is 0.221 e. The molecule has 1 amide bonds. The minimum atomic E-state index is -0.150. The molecule has 0 saturated carbocycles. The van der Waals surface area contributed by atoms with Gasteiger partial charge < -0.3 is 10.6 Å². The summed E-state index contributed by atoms with van der Waals surface area (Å²) < 4.78 is 1.08. The molecule has 1 aromatic carbocycles. The molecule has 0 unspecified atom stereocenters. The van der Waals surface area contributed by atoms with Crippen molar-refractivity contribution in [2.45, 2.75) is 39.3 Å². The molecule has 1 rings (SSSR count). The van der Waals surface area contributed by atoms with Gasteiger partial charge in [0.05, 0.1) is 0 Å². The molecule has 2 N–H and O–H groups in total. The number of nitrogens with one attached hydrogen (secondary N) is 2. The third kappa shape index (κ3) is 6.77. The van der Waals surface area contributed by atoms with Crippen molar-refractivity contribution in [3.63, 3.8) is 0 Å². The van der Waals surface area contributed by atoms with E-state index in [0.29, 0.717) is 13.0 Å². The van der Waals surface area contributed by atoms with E-state index in [1.165, 1.54) is 5.56 Å². The lowest BCUT2D eigenvalue weighted by molar-refractivity contribution is -0.122. The van der Waals surface area contributed by atoms with Crippen LogP contribution in [0.25, 0.3) is 0 Å². The molecule has 0 bridgehead atoms. The Labute approximate surface area is 117 Å². The lowest BCUT2D eigenvalue weighted by Crippen LogP contribution is -2.41. The zero-order valence-corrected chi connectivity index (χ0v) is 12.8. The highest BCUT2D eigenvalue weighted by Crippen LogP contribution is 2.10. The molecule has 0 heterocycles. The van der Waals surface area contributed by atoms with Gasteiger partial charge in [-0.2, -0.15) is 0 Å². The average Bonchev–Trinajstić information content (AvgIpc) is 2.24. The molecule has 0 aliphatic rings. The van der Waals surface area contributed by atoms with Gasteiger partial charge in [0.1, 0.15) is 0 Å². The van der Waals surface area contributed by atoms with Crippen LogP contribution in [0.1, 0.15) is 32.8 Å². The van der Waals surface area contributed by atoms with Crippen LogP contribution in [0.15, 0.2) is 28.7 Å². The summed E-state index contributed by atoms with van der Waals surface area (Å²) in [5, 5.41) is 6.20. The number of carbonyl (C=O) groups is 1. The molecule has 1 aromatic rings. The van der Waals surface area contributed by atoms with E-state index in [1.54, 1.807) is 0 Å². The fourth-order valence-electron chi connectivity index (χ4n) is 1.52. The Morgan fingerprint density at radius 3 is 2.39 bits per heavy atom. The van der Waals surface area contributed by atoms with Crippen molar-refractivity contribution in [2.24, 2.45) is 0 Å². The normalized spacial score (nSPS) is 11.3. The van der Waals surface area contributed by atoms with Crippen LogP contribution in [-0.2, 0) is 11.3 Å². The molecule has 0 spiro atoms. The SMILES string of the molecule is CC(C)(C)NC(=O)CCNCc1ccc(Br)cc1. The maximum absolute atomic E-state index is 11.6. The molecule has 4 heteroatoms. The van der Waals surface area contributed by atoms with Gasteiger partial charge in [-0.05, 0) is 38.5 Å². The Morgan fingerprint density at radius 2 is 1.83 bits per heavy atom. The second-order valence-electron chi connectivity index (χ2n) is 5.35. The van der Waals surface area contributed by atoms with Gasteiger partial charge in [-0.1, -0.05) is 28.1 Å². The highest BCUT2D eigenvalue weighted by atomic mass is 79.9. The van der Waals surface area contributed by atoms with Crippen LogP contribution < -0.4 is 10.6 Å². The summed E-state index contributed by atoms with van der Waals surface area (Å²) in [6, 6.07) is 8.16. The van der Waals surface area contributed by atoms with Crippen molar-refractivity contribution in [2.75, 3.05) is 6.54 Å². The predicted octanol–water partition coefficient (Wildman–Crippen LogP) is 2.84. The Balaban J connectivity index is 2.19. The quantitative estimate of drug-likeness (QED) is 0.821. The Bertz CT molecular complexity index is 382. The maximum atomic E-state index is 11.6. The van der Waals surface area contributed by atoms with Crippen molar-refractivity contribution in [1.82, 2.24) is 10.6 Å². The van der Waals surface area contributed by atoms with Crippen LogP contribution in [0.2, 0.25) is 0 Å². The van der Waals surface area contributed by atoms with Crippen LogP contribution in [0, 0.1) is 0 Å². The first kappa shape index (κ1) is 15.2. The van der Waals surface area contributed by atoms with E-state index in [2.05, 4.69) is 38.7 Å². The van der Waals surface area contributed by atoms with Crippen LogP contribution in [0.4, 0.5) is 0 Å². The number of hydrogen-bond acceptors (Lipinski definition) is 2. The van der Waals surface area contributed by atoms with Gasteiger partial charge in [-0.3, -0.25) is 4.79 Å². The van der Waals surface area contributed by atoms with Gasteiger partial charge in [0.15, 0.2) is 0 Å². The minimum absolute atomic E-state index is 0.0887. The predicted molar refractivity (Wildman–Crippen MR) is 78.4 cm³/mol. The van der Waals surface area contributed by atoms with Crippen LogP contribution in [-0.4, -0.2) is 18.0 Å². The highest BCUT2D eigenvalue weighted by Gasteiger charge is 2.12. The van der Waals surface area contributed by atoms with Crippen molar-refractivity contribution in [1.29, 1.82) is 0 Å². The summed E-state index contributed by atoms with van der Waals surface area (Å²) in [6.07, 6.45) is 0.508. The third-order valence-corrected chi connectivity index (χ3v) is 2.81. The first-order valence-electron chi connectivity index (χ1n) is 6.13. The molecule has 100 valence electrons. The lowest BCUT2D eigenvalue weighted by Gasteiger charge is -2.20. The first-order valence-corrected chi connectivity index (χ1v) is 6.92. The minimum Gasteiger partial charge on any atom is -0.351 e. The summed E-state index contributed by atoms with van der Waals surface area (Å²) in [7, 11) is 0. The van der Waals surface area contributed by atoms with Gasteiger partial charge in [-0.15, -0.1) is 0 Å². The van der Waals surface area contributed by atoms with Crippen molar-refractivity contribution < 1.29 is 4.79 Å². The van der Waals surface area contributed by atoms with Gasteiger partial charge in [0.25, 0.3) is 0 Å². The van der Waals surface area contributed by atoms with Crippen molar-refractivity contribution in [3.8, 4) is 0 Å². The summed E-state index contributed by atoms with van der Waals surface area (Å²) in [5.74, 6) is 0.0887. The maximum Gasteiger partial charge on any atom is 0.221 e. The van der Waals surface area contributed by atoms with E-state index in [1.807, 2.05) is 32.9 Å². The molecule has 0 radical (unpaired) electrons. The summed E-state index contributed by atoms with van der Waals surface area (Å²) in [6.45, 7) is 7.44. The fraction of sp³-hybridized carbons (Fsp3) is 0.500. The van der Waals surface area contributed by atoms with E-state index < -0.39 is 0 Å². The van der Waals surface area contributed by atoms with Gasteiger partial charge in [0.2, 0.25) is 5.91 Å². The van der Waals surface area contributed by atoms with Crippen molar-refractivity contribution in [3.05, 3.63) is 34.3 Å². The topological polar surface area (TPSA) is 41.1 Å². The van der Waals surface area contributed by atoms with E-state index >= 15 is 0 Å². The summed E-state index contributed by atoms with van der Waals surface area (Å²) in [5.41, 5.74) is 1.07. The number of amides is 1. The summed E-state index contributed by atoms with van der Waals surface area (Å²) >= 11 is 3.40. The molecule has 0 aliphatic heterocycles. The van der Waals surface area contributed by atoms with Crippen LogP contribution in [0.5, 0.6) is 0 Å². The largest absolute Gasteiger partial charge is 0.351 e. The van der Waals surface area contributed by atoms with E-state index in [-0.39, 0.29) is 11.4 Å². The molecule has 18 heavy (non-hydrogen) atoms. The van der Waals surface area contributed by atoms with E-state index in [9.17, 15) is 4.79 Å². The second kappa shape index (κ2) is 6.90. The molecule has 0 aliphatic carbocycles. The average molecular weight is 313 g/mol. The molecule has 3 nitrogen and oxygen atoms in total.